The molecular weight excluding hydrogens is 421 g/mol. The van der Waals surface area contributed by atoms with E-state index in [2.05, 4.69) is 5.32 Å². The van der Waals surface area contributed by atoms with Crippen LogP contribution in [0.15, 0.2) is 24.3 Å². The van der Waals surface area contributed by atoms with Gasteiger partial charge in [0.1, 0.15) is 0 Å². The summed E-state index contributed by atoms with van der Waals surface area (Å²) in [4.78, 5) is 26.9. The zero-order chi connectivity index (χ0) is 23.4. The maximum atomic E-state index is 13.4. The monoisotopic (exact) mass is 448 g/mol. The minimum absolute atomic E-state index is 0.166. The third kappa shape index (κ3) is 4.20. The molecule has 1 aromatic carbocycles. The number of hydrogen-bond acceptors (Lipinski definition) is 2. The molecule has 1 fully saturated rings. The van der Waals surface area contributed by atoms with Crippen molar-refractivity contribution in [2.45, 2.75) is 64.3 Å². The Morgan fingerprint density at radius 2 is 1.81 bits per heavy atom. The molecule has 3 amide bonds. The molecule has 0 spiro atoms. The number of rotatable bonds is 3. The molecule has 0 radical (unpaired) electrons. The van der Waals surface area contributed by atoms with E-state index in [0.717, 1.165) is 30.7 Å². The number of carbonyl (C=O) groups is 2. The predicted molar refractivity (Wildman–Crippen MR) is 114 cm³/mol. The number of aromatic nitrogens is 1. The highest BCUT2D eigenvalue weighted by Crippen LogP contribution is 2.49. The lowest BCUT2D eigenvalue weighted by Gasteiger charge is -2.33. The quantitative estimate of drug-likeness (QED) is 0.726. The molecule has 0 saturated heterocycles. The van der Waals surface area contributed by atoms with E-state index >= 15 is 0 Å². The van der Waals surface area contributed by atoms with Gasteiger partial charge in [-0.2, -0.15) is 13.2 Å². The highest BCUT2D eigenvalue weighted by molar-refractivity contribution is 6.02. The van der Waals surface area contributed by atoms with E-state index in [1.165, 1.54) is 6.07 Å². The van der Waals surface area contributed by atoms with Gasteiger partial charge in [-0.15, -0.1) is 0 Å². The van der Waals surface area contributed by atoms with E-state index in [-0.39, 0.29) is 24.1 Å². The van der Waals surface area contributed by atoms with Crippen molar-refractivity contribution in [2.24, 2.45) is 5.73 Å². The molecule has 1 aliphatic heterocycles. The Balaban J connectivity index is 1.83. The highest BCUT2D eigenvalue weighted by Gasteiger charge is 2.39. The fourth-order valence-corrected chi connectivity index (χ4v) is 4.35. The maximum absolute atomic E-state index is 13.4. The summed E-state index contributed by atoms with van der Waals surface area (Å²) in [5.74, 6) is -0.535. The van der Waals surface area contributed by atoms with Crippen molar-refractivity contribution in [2.75, 3.05) is 6.54 Å². The van der Waals surface area contributed by atoms with Crippen molar-refractivity contribution in [1.82, 2.24) is 14.8 Å². The van der Waals surface area contributed by atoms with Crippen LogP contribution in [0.25, 0.3) is 11.1 Å². The second kappa shape index (κ2) is 7.56. The van der Waals surface area contributed by atoms with Crippen molar-refractivity contribution < 1.29 is 22.8 Å². The van der Waals surface area contributed by atoms with Crippen LogP contribution in [0, 0.1) is 0 Å². The molecular formula is C23H27F3N4O2. The molecule has 32 heavy (non-hydrogen) atoms. The Hall–Kier alpha value is -2.97. The minimum Gasteiger partial charge on any atom is -0.366 e. The van der Waals surface area contributed by atoms with Gasteiger partial charge in [0.15, 0.2) is 0 Å². The lowest BCUT2D eigenvalue weighted by Crippen LogP contribution is -2.50. The lowest BCUT2D eigenvalue weighted by molar-refractivity contribution is -0.137. The zero-order valence-corrected chi connectivity index (χ0v) is 18.3. The first-order valence-electron chi connectivity index (χ1n) is 10.7. The van der Waals surface area contributed by atoms with Gasteiger partial charge in [-0.1, -0.05) is 12.1 Å². The number of nitrogens with zero attached hydrogens (tertiary/aromatic N) is 2. The van der Waals surface area contributed by atoms with Gasteiger partial charge in [0, 0.05) is 29.9 Å². The molecule has 2 heterocycles. The van der Waals surface area contributed by atoms with Crippen LogP contribution < -0.4 is 11.1 Å². The van der Waals surface area contributed by atoms with Crippen molar-refractivity contribution in [3.8, 4) is 11.1 Å². The molecule has 0 unspecified atom stereocenters. The Labute approximate surface area is 184 Å². The van der Waals surface area contributed by atoms with Gasteiger partial charge in [-0.25, -0.2) is 4.79 Å². The number of urea groups is 1. The predicted octanol–water partition coefficient (Wildman–Crippen LogP) is 4.47. The topological polar surface area (TPSA) is 80.4 Å². The number of hydrogen-bond donors (Lipinski definition) is 2. The summed E-state index contributed by atoms with van der Waals surface area (Å²) in [5.41, 5.74) is 7.00. The normalized spacial score (nSPS) is 16.6. The summed E-state index contributed by atoms with van der Waals surface area (Å²) in [6.07, 6.45) is -2.69. The third-order valence-corrected chi connectivity index (χ3v) is 5.80. The largest absolute Gasteiger partial charge is 0.416 e. The Morgan fingerprint density at radius 1 is 1.12 bits per heavy atom. The van der Waals surface area contributed by atoms with Gasteiger partial charge in [-0.3, -0.25) is 4.79 Å². The van der Waals surface area contributed by atoms with Crippen molar-refractivity contribution in [3.63, 3.8) is 0 Å². The summed E-state index contributed by atoms with van der Waals surface area (Å²) in [5, 5.41) is 2.92. The Morgan fingerprint density at radius 3 is 2.38 bits per heavy atom. The van der Waals surface area contributed by atoms with E-state index in [9.17, 15) is 22.8 Å². The lowest BCUT2D eigenvalue weighted by atomic mass is 9.96. The number of nitrogens with one attached hydrogen (secondary N) is 1. The van der Waals surface area contributed by atoms with E-state index < -0.39 is 23.2 Å². The molecule has 2 aliphatic rings. The summed E-state index contributed by atoms with van der Waals surface area (Å²) < 4.78 is 42.1. The minimum atomic E-state index is -4.50. The molecule has 1 aliphatic carbocycles. The van der Waals surface area contributed by atoms with Gasteiger partial charge in [0.05, 0.1) is 23.4 Å². The van der Waals surface area contributed by atoms with Crippen LogP contribution in [0.3, 0.4) is 0 Å². The van der Waals surface area contributed by atoms with Gasteiger partial charge < -0.3 is 20.5 Å². The SMILES string of the molecule is CC(C)(C)NC(=O)N1CCn2c(c(C(N)=O)c(-c3cccc(C(F)(F)F)c3)c2C2CC2)C1. The molecule has 172 valence electrons. The first-order valence-corrected chi connectivity index (χ1v) is 10.7. The van der Waals surface area contributed by atoms with Crippen molar-refractivity contribution in [3.05, 3.63) is 46.8 Å². The number of fused-ring (bicyclic) bond motifs is 1. The van der Waals surface area contributed by atoms with Gasteiger partial charge in [0.2, 0.25) is 0 Å². The fraction of sp³-hybridized carbons (Fsp3) is 0.478. The number of alkyl halides is 3. The Kier molecular flexibility index (Phi) is 5.26. The van der Waals surface area contributed by atoms with Crippen LogP contribution in [-0.4, -0.2) is 33.5 Å². The molecule has 1 aromatic heterocycles. The molecule has 6 nitrogen and oxygen atoms in total. The molecule has 1 saturated carbocycles. The van der Waals surface area contributed by atoms with Crippen LogP contribution in [-0.2, 0) is 19.3 Å². The number of primary amides is 1. The van der Waals surface area contributed by atoms with E-state index in [1.807, 2.05) is 25.3 Å². The molecule has 0 atom stereocenters. The average Bonchev–Trinajstić information content (AvgIpc) is 3.45. The zero-order valence-electron chi connectivity index (χ0n) is 18.3. The smallest absolute Gasteiger partial charge is 0.366 e. The highest BCUT2D eigenvalue weighted by atomic mass is 19.4. The first kappa shape index (κ1) is 22.2. The maximum Gasteiger partial charge on any atom is 0.416 e. The summed E-state index contributed by atoms with van der Waals surface area (Å²) in [6, 6.07) is 4.76. The Bertz CT molecular complexity index is 1080. The fourth-order valence-electron chi connectivity index (χ4n) is 4.35. The standard InChI is InChI=1S/C23H27F3N4O2/c1-22(2,3)28-21(32)29-9-10-30-16(12-29)18(20(27)31)17(19(30)13-7-8-13)14-5-4-6-15(11-14)23(24,25)26/h4-6,11,13H,7-10,12H2,1-3H3,(H2,27,31)(H,28,32). The van der Waals surface area contributed by atoms with Crippen molar-refractivity contribution >= 4 is 11.9 Å². The summed E-state index contributed by atoms with van der Waals surface area (Å²) in [7, 11) is 0. The van der Waals surface area contributed by atoms with E-state index in [1.54, 1.807) is 11.0 Å². The number of carbonyl (C=O) groups excluding carboxylic acids is 2. The number of amides is 3. The van der Waals surface area contributed by atoms with Gasteiger partial charge >= 0.3 is 12.2 Å². The van der Waals surface area contributed by atoms with Crippen LogP contribution in [0.2, 0.25) is 0 Å². The van der Waals surface area contributed by atoms with E-state index in [0.29, 0.717) is 29.9 Å². The molecule has 2 aromatic rings. The van der Waals surface area contributed by atoms with Crippen LogP contribution in [0.5, 0.6) is 0 Å². The molecule has 4 rings (SSSR count). The second-order valence-corrected chi connectivity index (χ2v) is 9.55. The van der Waals surface area contributed by atoms with Gasteiger partial charge in [0.25, 0.3) is 5.91 Å². The van der Waals surface area contributed by atoms with Crippen molar-refractivity contribution in [1.29, 1.82) is 0 Å². The average molecular weight is 448 g/mol. The van der Waals surface area contributed by atoms with E-state index in [4.69, 9.17) is 5.73 Å². The summed E-state index contributed by atoms with van der Waals surface area (Å²) in [6.45, 7) is 6.69. The molecule has 3 N–H and O–H groups in total. The van der Waals surface area contributed by atoms with Gasteiger partial charge in [-0.05, 0) is 57.2 Å². The second-order valence-electron chi connectivity index (χ2n) is 9.55. The van der Waals surface area contributed by atoms with Crippen LogP contribution in [0.1, 0.15) is 66.8 Å². The molecule has 9 heteroatoms. The third-order valence-electron chi connectivity index (χ3n) is 5.80. The summed E-state index contributed by atoms with van der Waals surface area (Å²) >= 11 is 0. The number of halogens is 3. The number of nitrogens with two attached hydrogens (primary N) is 1. The van der Waals surface area contributed by atoms with Crippen LogP contribution in [0.4, 0.5) is 18.0 Å². The molecule has 0 bridgehead atoms. The first-order chi connectivity index (χ1) is 14.9. The van der Waals surface area contributed by atoms with Crippen LogP contribution >= 0.6 is 0 Å². The number of benzene rings is 1.